The lowest BCUT2D eigenvalue weighted by molar-refractivity contribution is 0.762. The van der Waals surface area contributed by atoms with Gasteiger partial charge in [0.15, 0.2) is 0 Å². The normalized spacial score (nSPS) is 10.2. The summed E-state index contributed by atoms with van der Waals surface area (Å²) in [5.41, 5.74) is 8.17. The van der Waals surface area contributed by atoms with Crippen LogP contribution in [0.1, 0.15) is 18.9 Å². The fourth-order valence-corrected chi connectivity index (χ4v) is 1.55. The first kappa shape index (κ1) is 11.1. The maximum atomic E-state index is 5.59. The standard InChI is InChI=1S/C12H20N2/c1-3-9-14(10-8-13)12-6-4-11(2)5-7-12/h4-7H,3,8-10,13H2,1-2H3. The fraction of sp³-hybridized carbons (Fsp3) is 0.500. The summed E-state index contributed by atoms with van der Waals surface area (Å²) in [4.78, 5) is 2.33. The van der Waals surface area contributed by atoms with Gasteiger partial charge in [0.05, 0.1) is 0 Å². The summed E-state index contributed by atoms with van der Waals surface area (Å²) < 4.78 is 0. The predicted octanol–water partition coefficient (Wildman–Crippen LogP) is 2.17. The topological polar surface area (TPSA) is 29.3 Å². The minimum Gasteiger partial charge on any atom is -0.370 e. The van der Waals surface area contributed by atoms with Gasteiger partial charge >= 0.3 is 0 Å². The Morgan fingerprint density at radius 2 is 1.79 bits per heavy atom. The highest BCUT2D eigenvalue weighted by Crippen LogP contribution is 2.14. The van der Waals surface area contributed by atoms with Gasteiger partial charge < -0.3 is 10.6 Å². The monoisotopic (exact) mass is 192 g/mol. The molecule has 0 aliphatic heterocycles. The van der Waals surface area contributed by atoms with Crippen LogP contribution in [0, 0.1) is 6.92 Å². The van der Waals surface area contributed by atoms with E-state index >= 15 is 0 Å². The second-order valence-corrected chi connectivity index (χ2v) is 3.61. The van der Waals surface area contributed by atoms with Gasteiger partial charge in [-0.2, -0.15) is 0 Å². The van der Waals surface area contributed by atoms with Gasteiger partial charge in [-0.1, -0.05) is 24.6 Å². The van der Waals surface area contributed by atoms with Crippen LogP contribution in [0.5, 0.6) is 0 Å². The second-order valence-electron chi connectivity index (χ2n) is 3.61. The van der Waals surface area contributed by atoms with Crippen molar-refractivity contribution < 1.29 is 0 Å². The average Bonchev–Trinajstić information content (AvgIpc) is 2.19. The number of hydrogen-bond donors (Lipinski definition) is 1. The highest BCUT2D eigenvalue weighted by atomic mass is 15.1. The maximum Gasteiger partial charge on any atom is 0.0366 e. The number of aryl methyl sites for hydroxylation is 1. The quantitative estimate of drug-likeness (QED) is 0.774. The summed E-state index contributed by atoms with van der Waals surface area (Å²) in [6.07, 6.45) is 1.16. The predicted molar refractivity (Wildman–Crippen MR) is 62.7 cm³/mol. The lowest BCUT2D eigenvalue weighted by Gasteiger charge is -2.23. The summed E-state index contributed by atoms with van der Waals surface area (Å²) in [7, 11) is 0. The Morgan fingerprint density at radius 3 is 2.29 bits per heavy atom. The van der Waals surface area contributed by atoms with Crippen LogP contribution in [0.4, 0.5) is 5.69 Å². The zero-order valence-corrected chi connectivity index (χ0v) is 9.16. The van der Waals surface area contributed by atoms with Crippen molar-refractivity contribution in [3.05, 3.63) is 29.8 Å². The van der Waals surface area contributed by atoms with Crippen LogP contribution in [-0.4, -0.2) is 19.6 Å². The number of benzene rings is 1. The molecule has 0 aliphatic carbocycles. The zero-order valence-electron chi connectivity index (χ0n) is 9.16. The Bertz CT molecular complexity index is 248. The molecule has 0 bridgehead atoms. The van der Waals surface area contributed by atoms with Crippen LogP contribution in [-0.2, 0) is 0 Å². The molecule has 0 aromatic heterocycles. The van der Waals surface area contributed by atoms with E-state index in [1.165, 1.54) is 11.3 Å². The summed E-state index contributed by atoms with van der Waals surface area (Å²) in [5.74, 6) is 0. The SMILES string of the molecule is CCCN(CCN)c1ccc(C)cc1. The molecule has 0 heterocycles. The van der Waals surface area contributed by atoms with Crippen molar-refractivity contribution >= 4 is 5.69 Å². The molecule has 14 heavy (non-hydrogen) atoms. The van der Waals surface area contributed by atoms with Crippen LogP contribution < -0.4 is 10.6 Å². The molecular formula is C12H20N2. The molecule has 0 saturated carbocycles. The number of hydrogen-bond acceptors (Lipinski definition) is 2. The third-order valence-electron chi connectivity index (χ3n) is 2.29. The number of anilines is 1. The van der Waals surface area contributed by atoms with Crippen molar-refractivity contribution in [2.24, 2.45) is 5.73 Å². The first-order valence-corrected chi connectivity index (χ1v) is 5.29. The molecule has 0 spiro atoms. The first-order chi connectivity index (χ1) is 6.77. The van der Waals surface area contributed by atoms with E-state index in [9.17, 15) is 0 Å². The van der Waals surface area contributed by atoms with Gasteiger partial charge in [0.1, 0.15) is 0 Å². The molecule has 0 fully saturated rings. The van der Waals surface area contributed by atoms with Gasteiger partial charge in [0, 0.05) is 25.3 Å². The number of nitrogens with two attached hydrogens (primary N) is 1. The highest BCUT2D eigenvalue weighted by Gasteiger charge is 2.02. The minimum absolute atomic E-state index is 0.716. The van der Waals surface area contributed by atoms with Crippen LogP contribution in [0.15, 0.2) is 24.3 Å². The molecule has 0 radical (unpaired) electrons. The lowest BCUT2D eigenvalue weighted by Crippen LogP contribution is -2.29. The van der Waals surface area contributed by atoms with E-state index < -0.39 is 0 Å². The van der Waals surface area contributed by atoms with Crippen molar-refractivity contribution in [1.29, 1.82) is 0 Å². The first-order valence-electron chi connectivity index (χ1n) is 5.29. The Labute approximate surface area is 86.7 Å². The Balaban J connectivity index is 2.71. The van der Waals surface area contributed by atoms with Gasteiger partial charge in [-0.15, -0.1) is 0 Å². The molecule has 2 N–H and O–H groups in total. The average molecular weight is 192 g/mol. The van der Waals surface area contributed by atoms with E-state index in [-0.39, 0.29) is 0 Å². The molecule has 1 aromatic rings. The maximum absolute atomic E-state index is 5.59. The third-order valence-corrected chi connectivity index (χ3v) is 2.29. The largest absolute Gasteiger partial charge is 0.370 e. The van der Waals surface area contributed by atoms with Gasteiger partial charge in [-0.25, -0.2) is 0 Å². The molecule has 0 saturated heterocycles. The van der Waals surface area contributed by atoms with Crippen molar-refractivity contribution in [2.75, 3.05) is 24.5 Å². The molecule has 0 amide bonds. The van der Waals surface area contributed by atoms with E-state index in [0.29, 0.717) is 6.54 Å². The van der Waals surface area contributed by atoms with Crippen molar-refractivity contribution in [1.82, 2.24) is 0 Å². The Hall–Kier alpha value is -1.02. The van der Waals surface area contributed by atoms with Gasteiger partial charge in [-0.3, -0.25) is 0 Å². The van der Waals surface area contributed by atoms with E-state index in [2.05, 4.69) is 43.0 Å². The van der Waals surface area contributed by atoms with Gasteiger partial charge in [-0.05, 0) is 25.5 Å². The molecule has 0 aliphatic rings. The summed E-state index contributed by atoms with van der Waals surface area (Å²) in [5, 5.41) is 0. The number of nitrogens with zero attached hydrogens (tertiary/aromatic N) is 1. The van der Waals surface area contributed by atoms with Crippen LogP contribution >= 0.6 is 0 Å². The molecule has 2 nitrogen and oxygen atoms in total. The summed E-state index contributed by atoms with van der Waals surface area (Å²) in [6, 6.07) is 8.63. The molecule has 0 unspecified atom stereocenters. The van der Waals surface area contributed by atoms with Crippen molar-refractivity contribution in [2.45, 2.75) is 20.3 Å². The third kappa shape index (κ3) is 3.04. The van der Waals surface area contributed by atoms with E-state index in [1.54, 1.807) is 0 Å². The molecule has 2 heteroatoms. The van der Waals surface area contributed by atoms with Crippen molar-refractivity contribution in [3.63, 3.8) is 0 Å². The van der Waals surface area contributed by atoms with E-state index in [1.807, 2.05) is 0 Å². The van der Waals surface area contributed by atoms with Gasteiger partial charge in [0.2, 0.25) is 0 Å². The zero-order chi connectivity index (χ0) is 10.4. The minimum atomic E-state index is 0.716. The fourth-order valence-electron chi connectivity index (χ4n) is 1.55. The molecule has 0 atom stereocenters. The molecule has 78 valence electrons. The van der Waals surface area contributed by atoms with Crippen LogP contribution in [0.3, 0.4) is 0 Å². The van der Waals surface area contributed by atoms with Crippen LogP contribution in [0.2, 0.25) is 0 Å². The molecule has 1 rings (SSSR count). The van der Waals surface area contributed by atoms with Crippen LogP contribution in [0.25, 0.3) is 0 Å². The van der Waals surface area contributed by atoms with Crippen molar-refractivity contribution in [3.8, 4) is 0 Å². The number of rotatable bonds is 5. The summed E-state index contributed by atoms with van der Waals surface area (Å²) >= 11 is 0. The highest BCUT2D eigenvalue weighted by molar-refractivity contribution is 5.47. The lowest BCUT2D eigenvalue weighted by atomic mass is 10.2. The summed E-state index contributed by atoms with van der Waals surface area (Å²) in [6.45, 7) is 7.04. The Morgan fingerprint density at radius 1 is 1.14 bits per heavy atom. The van der Waals surface area contributed by atoms with Gasteiger partial charge in [0.25, 0.3) is 0 Å². The molecule has 1 aromatic carbocycles. The second kappa shape index (κ2) is 5.66. The Kier molecular flexibility index (Phi) is 4.47. The molecular weight excluding hydrogens is 172 g/mol. The van der Waals surface area contributed by atoms with E-state index in [0.717, 1.165) is 19.5 Å². The van der Waals surface area contributed by atoms with E-state index in [4.69, 9.17) is 5.73 Å². The smallest absolute Gasteiger partial charge is 0.0366 e.